The van der Waals surface area contributed by atoms with Crippen LogP contribution in [0.5, 0.6) is 0 Å². The van der Waals surface area contributed by atoms with Gasteiger partial charge in [-0.2, -0.15) is 0 Å². The Balaban J connectivity index is 4.52. The number of hydrogen-bond acceptors (Lipinski definition) is 3. The second-order valence-corrected chi connectivity index (χ2v) is 5.81. The average molecular weight is 257 g/mol. The third-order valence-electron chi connectivity index (χ3n) is 3.17. The molecule has 18 heavy (non-hydrogen) atoms. The van der Waals surface area contributed by atoms with Crippen LogP contribution in [0.1, 0.15) is 47.5 Å². The van der Waals surface area contributed by atoms with Crippen molar-refractivity contribution in [3.05, 3.63) is 0 Å². The van der Waals surface area contributed by atoms with Gasteiger partial charge < -0.3 is 11.1 Å². The quantitative estimate of drug-likeness (QED) is 0.659. The molecule has 0 saturated carbocycles. The summed E-state index contributed by atoms with van der Waals surface area (Å²) in [6.07, 6.45) is 2.02. The van der Waals surface area contributed by atoms with Crippen LogP contribution in [0.25, 0.3) is 0 Å². The summed E-state index contributed by atoms with van der Waals surface area (Å²) in [6, 6.07) is -0.0812. The monoisotopic (exact) mass is 257 g/mol. The van der Waals surface area contributed by atoms with Crippen LogP contribution in [0.3, 0.4) is 0 Å². The van der Waals surface area contributed by atoms with Crippen LogP contribution in [-0.2, 0) is 4.79 Å². The highest BCUT2D eigenvalue weighted by Crippen LogP contribution is 2.17. The first kappa shape index (κ1) is 17.4. The van der Waals surface area contributed by atoms with E-state index in [0.29, 0.717) is 6.54 Å². The smallest absolute Gasteiger partial charge is 0.237 e. The molecule has 0 aromatic heterocycles. The molecule has 0 radical (unpaired) electrons. The van der Waals surface area contributed by atoms with E-state index in [9.17, 15) is 4.79 Å². The second kappa shape index (κ2) is 8.48. The summed E-state index contributed by atoms with van der Waals surface area (Å²) in [5.41, 5.74) is 5.83. The number of carbonyl (C=O) groups is 1. The molecule has 0 aliphatic heterocycles. The highest BCUT2D eigenvalue weighted by atomic mass is 16.2. The van der Waals surface area contributed by atoms with E-state index in [1.807, 2.05) is 6.92 Å². The summed E-state index contributed by atoms with van der Waals surface area (Å²) in [5, 5.41) is 2.96. The van der Waals surface area contributed by atoms with Gasteiger partial charge in [-0.25, -0.2) is 0 Å². The minimum Gasteiger partial charge on any atom is -0.355 e. The molecule has 4 nitrogen and oxygen atoms in total. The van der Waals surface area contributed by atoms with E-state index in [1.165, 1.54) is 0 Å². The standard InChI is InChI=1S/C14H31N3O/c1-6-8-16-13(18)12(3)17(9-7-2)11-14(4,5)10-15/h12H,6-11,15H2,1-5H3,(H,16,18). The maximum absolute atomic E-state index is 12.0. The molecule has 1 unspecified atom stereocenters. The Morgan fingerprint density at radius 1 is 1.33 bits per heavy atom. The highest BCUT2D eigenvalue weighted by molar-refractivity contribution is 5.81. The predicted octanol–water partition coefficient (Wildman–Crippen LogP) is 1.60. The zero-order chi connectivity index (χ0) is 14.2. The largest absolute Gasteiger partial charge is 0.355 e. The van der Waals surface area contributed by atoms with Gasteiger partial charge in [0.2, 0.25) is 5.91 Å². The van der Waals surface area contributed by atoms with E-state index < -0.39 is 0 Å². The molecule has 0 aliphatic rings. The lowest BCUT2D eigenvalue weighted by Gasteiger charge is -2.35. The summed E-state index contributed by atoms with van der Waals surface area (Å²) in [7, 11) is 0. The number of hydrogen-bond donors (Lipinski definition) is 2. The number of amides is 1. The molecule has 1 amide bonds. The van der Waals surface area contributed by atoms with Crippen LogP contribution >= 0.6 is 0 Å². The molecule has 0 bridgehead atoms. The van der Waals surface area contributed by atoms with Gasteiger partial charge in [0, 0.05) is 13.1 Å². The van der Waals surface area contributed by atoms with Crippen molar-refractivity contribution in [3.8, 4) is 0 Å². The lowest BCUT2D eigenvalue weighted by atomic mass is 9.92. The molecule has 0 aromatic rings. The maximum Gasteiger partial charge on any atom is 0.237 e. The first-order valence-corrected chi connectivity index (χ1v) is 7.09. The maximum atomic E-state index is 12.0. The summed E-state index contributed by atoms with van der Waals surface area (Å²) in [5.74, 6) is 0.123. The molecule has 4 heteroatoms. The molecule has 0 rings (SSSR count). The zero-order valence-corrected chi connectivity index (χ0v) is 12.8. The molecule has 0 heterocycles. The summed E-state index contributed by atoms with van der Waals surface area (Å²) in [6.45, 7) is 13.7. The topological polar surface area (TPSA) is 58.4 Å². The van der Waals surface area contributed by atoms with Gasteiger partial charge in [0.1, 0.15) is 0 Å². The highest BCUT2D eigenvalue weighted by Gasteiger charge is 2.26. The van der Waals surface area contributed by atoms with Gasteiger partial charge in [0.15, 0.2) is 0 Å². The van der Waals surface area contributed by atoms with Crippen LogP contribution in [0.4, 0.5) is 0 Å². The van der Waals surface area contributed by atoms with Crippen molar-refractivity contribution in [3.63, 3.8) is 0 Å². The van der Waals surface area contributed by atoms with Crippen LogP contribution < -0.4 is 11.1 Å². The molecule has 0 spiro atoms. The SMILES string of the molecule is CCCNC(=O)C(C)N(CCC)CC(C)(C)CN. The van der Waals surface area contributed by atoms with Crippen LogP contribution in [0.15, 0.2) is 0 Å². The zero-order valence-electron chi connectivity index (χ0n) is 12.8. The summed E-state index contributed by atoms with van der Waals surface area (Å²) < 4.78 is 0. The van der Waals surface area contributed by atoms with Gasteiger partial charge in [0.25, 0.3) is 0 Å². The van der Waals surface area contributed by atoms with Crippen LogP contribution in [-0.4, -0.2) is 43.0 Å². The van der Waals surface area contributed by atoms with E-state index in [4.69, 9.17) is 5.73 Å². The van der Waals surface area contributed by atoms with E-state index >= 15 is 0 Å². The number of nitrogens with two attached hydrogens (primary N) is 1. The fourth-order valence-corrected chi connectivity index (χ4v) is 1.87. The molecular formula is C14H31N3O. The van der Waals surface area contributed by atoms with Gasteiger partial charge in [0.05, 0.1) is 6.04 Å². The summed E-state index contributed by atoms with van der Waals surface area (Å²) >= 11 is 0. The molecule has 108 valence electrons. The minimum atomic E-state index is -0.0812. The van der Waals surface area contributed by atoms with Crippen molar-refractivity contribution in [2.45, 2.75) is 53.5 Å². The van der Waals surface area contributed by atoms with Crippen molar-refractivity contribution in [2.24, 2.45) is 11.1 Å². The van der Waals surface area contributed by atoms with Gasteiger partial charge in [-0.05, 0) is 38.3 Å². The van der Waals surface area contributed by atoms with Crippen molar-refractivity contribution < 1.29 is 4.79 Å². The molecule has 3 N–H and O–H groups in total. The first-order chi connectivity index (χ1) is 8.37. The summed E-state index contributed by atoms with van der Waals surface area (Å²) in [4.78, 5) is 14.2. The Labute approximate surface area is 112 Å². The molecule has 0 saturated heterocycles. The Kier molecular flexibility index (Phi) is 8.20. The van der Waals surface area contributed by atoms with E-state index in [2.05, 4.69) is 37.9 Å². The Morgan fingerprint density at radius 3 is 2.39 bits per heavy atom. The first-order valence-electron chi connectivity index (χ1n) is 7.09. The van der Waals surface area contributed by atoms with E-state index in [1.54, 1.807) is 0 Å². The van der Waals surface area contributed by atoms with E-state index in [0.717, 1.165) is 32.5 Å². The predicted molar refractivity (Wildman–Crippen MR) is 77.5 cm³/mol. The molecule has 0 fully saturated rings. The second-order valence-electron chi connectivity index (χ2n) is 5.81. The van der Waals surface area contributed by atoms with Crippen molar-refractivity contribution >= 4 is 5.91 Å². The van der Waals surface area contributed by atoms with Gasteiger partial charge in [-0.3, -0.25) is 9.69 Å². The lowest BCUT2D eigenvalue weighted by molar-refractivity contribution is -0.126. The molecule has 0 aromatic carbocycles. The Bertz CT molecular complexity index is 241. The average Bonchev–Trinajstić information content (AvgIpc) is 2.34. The van der Waals surface area contributed by atoms with Crippen molar-refractivity contribution in [1.82, 2.24) is 10.2 Å². The normalized spacial score (nSPS) is 13.7. The molecule has 0 aliphatic carbocycles. The fraction of sp³-hybridized carbons (Fsp3) is 0.929. The van der Waals surface area contributed by atoms with Gasteiger partial charge in [-0.1, -0.05) is 27.7 Å². The van der Waals surface area contributed by atoms with Crippen molar-refractivity contribution in [1.29, 1.82) is 0 Å². The van der Waals surface area contributed by atoms with Gasteiger partial charge >= 0.3 is 0 Å². The minimum absolute atomic E-state index is 0.0501. The number of nitrogens with zero attached hydrogens (tertiary/aromatic N) is 1. The number of carbonyl (C=O) groups excluding carboxylic acids is 1. The van der Waals surface area contributed by atoms with Crippen LogP contribution in [0, 0.1) is 5.41 Å². The third-order valence-corrected chi connectivity index (χ3v) is 3.17. The van der Waals surface area contributed by atoms with E-state index in [-0.39, 0.29) is 17.4 Å². The number of rotatable bonds is 9. The van der Waals surface area contributed by atoms with Crippen molar-refractivity contribution in [2.75, 3.05) is 26.2 Å². The molecular weight excluding hydrogens is 226 g/mol. The van der Waals surface area contributed by atoms with Gasteiger partial charge in [-0.15, -0.1) is 0 Å². The third kappa shape index (κ3) is 6.36. The Hall–Kier alpha value is -0.610. The van der Waals surface area contributed by atoms with Crippen LogP contribution in [0.2, 0.25) is 0 Å². The number of nitrogens with one attached hydrogen (secondary N) is 1. The molecule has 1 atom stereocenters. The fourth-order valence-electron chi connectivity index (χ4n) is 1.87. The Morgan fingerprint density at radius 2 is 1.94 bits per heavy atom. The lowest BCUT2D eigenvalue weighted by Crippen LogP contribution is -2.50.